The summed E-state index contributed by atoms with van der Waals surface area (Å²) in [6, 6.07) is 8.87. The number of nitrogens with one attached hydrogen (secondary N) is 1. The van der Waals surface area contributed by atoms with E-state index >= 15 is 0 Å². The molecule has 0 bridgehead atoms. The smallest absolute Gasteiger partial charge is 0.129 e. The molecule has 2 aliphatic rings. The molecule has 1 atom stereocenters. The maximum absolute atomic E-state index is 13.8. The van der Waals surface area contributed by atoms with Gasteiger partial charge in [-0.3, -0.25) is 0 Å². The molecular weight excluding hydrogens is 397 g/mol. The molecule has 0 aromatic heterocycles. The van der Waals surface area contributed by atoms with Crippen LogP contribution in [0.5, 0.6) is 5.75 Å². The third-order valence-corrected chi connectivity index (χ3v) is 6.73. The summed E-state index contributed by atoms with van der Waals surface area (Å²) in [5.41, 5.74) is 6.27. The van der Waals surface area contributed by atoms with Crippen LogP contribution in [0.15, 0.2) is 47.9 Å². The molecule has 0 spiro atoms. The first kappa shape index (κ1) is 21.0. The van der Waals surface area contributed by atoms with Gasteiger partial charge < -0.3 is 14.8 Å². The number of halogens is 1. The van der Waals surface area contributed by atoms with Crippen LogP contribution in [0.1, 0.15) is 45.2 Å². The Morgan fingerprint density at radius 2 is 1.90 bits per heavy atom. The zero-order chi connectivity index (χ0) is 21.5. The summed E-state index contributed by atoms with van der Waals surface area (Å²) in [4.78, 5) is -0.272. The minimum atomic E-state index is -0.313. The van der Waals surface area contributed by atoms with Gasteiger partial charge in [-0.2, -0.15) is 0 Å². The Labute approximate surface area is 182 Å². The Morgan fingerprint density at radius 3 is 2.60 bits per heavy atom. The molecule has 4 rings (SSSR count). The van der Waals surface area contributed by atoms with Gasteiger partial charge in [-0.1, -0.05) is 30.0 Å². The van der Waals surface area contributed by atoms with Crippen molar-refractivity contribution in [2.45, 2.75) is 51.2 Å². The highest BCUT2D eigenvalue weighted by atomic mass is 32.2. The molecule has 0 aliphatic carbocycles. The molecule has 2 aliphatic heterocycles. The number of thioether (sulfide) groups is 1. The summed E-state index contributed by atoms with van der Waals surface area (Å²) in [5.74, 6) is 0.205. The molecule has 0 saturated carbocycles. The van der Waals surface area contributed by atoms with E-state index in [-0.39, 0.29) is 16.3 Å². The largest absolute Gasteiger partial charge is 0.496 e. The lowest BCUT2D eigenvalue weighted by Gasteiger charge is -2.34. The van der Waals surface area contributed by atoms with Gasteiger partial charge in [0, 0.05) is 29.3 Å². The van der Waals surface area contributed by atoms with Gasteiger partial charge in [0.1, 0.15) is 16.5 Å². The molecule has 2 heterocycles. The highest BCUT2D eigenvalue weighted by Gasteiger charge is 2.30. The Kier molecular flexibility index (Phi) is 5.45. The lowest BCUT2D eigenvalue weighted by atomic mass is 9.85. The Bertz CT molecular complexity index is 1030. The molecule has 3 nitrogen and oxygen atoms in total. The third kappa shape index (κ3) is 4.01. The molecule has 0 saturated heterocycles. The molecule has 0 fully saturated rings. The van der Waals surface area contributed by atoms with Crippen LogP contribution in [0.25, 0.3) is 16.7 Å². The maximum Gasteiger partial charge on any atom is 0.129 e. The molecule has 0 radical (unpaired) electrons. The molecule has 158 valence electrons. The van der Waals surface area contributed by atoms with Crippen molar-refractivity contribution < 1.29 is 13.9 Å². The van der Waals surface area contributed by atoms with Crippen molar-refractivity contribution in [3.05, 3.63) is 64.8 Å². The second-order valence-electron chi connectivity index (χ2n) is 8.65. The molecular formula is C25H28FNO2S. The van der Waals surface area contributed by atoms with Gasteiger partial charge >= 0.3 is 0 Å². The summed E-state index contributed by atoms with van der Waals surface area (Å²) in [5, 5.41) is 5.72. The summed E-state index contributed by atoms with van der Waals surface area (Å²) in [6.07, 6.45) is 5.27. The number of methoxy groups -OCH3 is 1. The van der Waals surface area contributed by atoms with Crippen molar-refractivity contribution in [1.29, 1.82) is 0 Å². The number of rotatable bonds is 5. The SMILES string of the molecule is COc1cc(F)ccc1-c1ccc2c(c1COC1(C)CC=CS1)C(C)=CC(C)(C)N2. The molecule has 2 aromatic rings. The van der Waals surface area contributed by atoms with E-state index in [1.807, 2.05) is 0 Å². The van der Waals surface area contributed by atoms with Crippen LogP contribution in [-0.4, -0.2) is 17.6 Å². The predicted molar refractivity (Wildman–Crippen MR) is 124 cm³/mol. The van der Waals surface area contributed by atoms with Gasteiger partial charge in [-0.05, 0) is 68.0 Å². The fourth-order valence-electron chi connectivity index (χ4n) is 4.31. The predicted octanol–water partition coefficient (Wildman–Crippen LogP) is 6.99. The van der Waals surface area contributed by atoms with E-state index < -0.39 is 0 Å². The average molecular weight is 426 g/mol. The highest BCUT2D eigenvalue weighted by molar-refractivity contribution is 8.03. The summed E-state index contributed by atoms with van der Waals surface area (Å²) < 4.78 is 25.8. The van der Waals surface area contributed by atoms with Gasteiger partial charge in [0.05, 0.1) is 19.3 Å². The zero-order valence-corrected chi connectivity index (χ0v) is 19.0. The molecule has 0 amide bonds. The number of hydrogen-bond donors (Lipinski definition) is 1. The highest BCUT2D eigenvalue weighted by Crippen LogP contribution is 2.44. The number of anilines is 1. The normalized spacial score (nSPS) is 21.7. The molecule has 5 heteroatoms. The van der Waals surface area contributed by atoms with Crippen molar-refractivity contribution in [1.82, 2.24) is 0 Å². The van der Waals surface area contributed by atoms with Crippen molar-refractivity contribution >= 4 is 23.0 Å². The fourth-order valence-corrected chi connectivity index (χ4v) is 5.11. The van der Waals surface area contributed by atoms with E-state index in [9.17, 15) is 4.39 Å². The van der Waals surface area contributed by atoms with Crippen molar-refractivity contribution in [3.63, 3.8) is 0 Å². The zero-order valence-electron chi connectivity index (χ0n) is 18.1. The minimum Gasteiger partial charge on any atom is -0.496 e. The van der Waals surface area contributed by atoms with Crippen LogP contribution in [-0.2, 0) is 11.3 Å². The van der Waals surface area contributed by atoms with E-state index in [0.29, 0.717) is 12.4 Å². The summed E-state index contributed by atoms with van der Waals surface area (Å²) in [7, 11) is 1.57. The molecule has 1 N–H and O–H groups in total. The summed E-state index contributed by atoms with van der Waals surface area (Å²) in [6.45, 7) is 9.04. The van der Waals surface area contributed by atoms with Gasteiger partial charge in [0.2, 0.25) is 0 Å². The van der Waals surface area contributed by atoms with Crippen LogP contribution in [0.2, 0.25) is 0 Å². The second-order valence-corrected chi connectivity index (χ2v) is 10.0. The van der Waals surface area contributed by atoms with E-state index in [0.717, 1.165) is 34.4 Å². The first-order valence-electron chi connectivity index (χ1n) is 10.2. The average Bonchev–Trinajstić information content (AvgIpc) is 3.12. The van der Waals surface area contributed by atoms with Crippen LogP contribution in [0, 0.1) is 5.82 Å². The van der Waals surface area contributed by atoms with E-state index in [1.165, 1.54) is 17.7 Å². The van der Waals surface area contributed by atoms with Gasteiger partial charge in [0.15, 0.2) is 0 Å². The van der Waals surface area contributed by atoms with Gasteiger partial charge in [-0.15, -0.1) is 0 Å². The first-order chi connectivity index (χ1) is 14.2. The molecule has 2 aromatic carbocycles. The van der Waals surface area contributed by atoms with Gasteiger partial charge in [0.25, 0.3) is 0 Å². The van der Waals surface area contributed by atoms with Crippen LogP contribution in [0.4, 0.5) is 10.1 Å². The van der Waals surface area contributed by atoms with Crippen LogP contribution in [0.3, 0.4) is 0 Å². The lowest BCUT2D eigenvalue weighted by Crippen LogP contribution is -2.32. The van der Waals surface area contributed by atoms with E-state index in [2.05, 4.69) is 62.7 Å². The maximum atomic E-state index is 13.8. The van der Waals surface area contributed by atoms with Crippen molar-refractivity contribution in [2.24, 2.45) is 0 Å². The Morgan fingerprint density at radius 1 is 1.13 bits per heavy atom. The third-order valence-electron chi connectivity index (χ3n) is 5.62. The standard InChI is InChI=1S/C25H28FNO2S/c1-16-14-24(2,3)27-21-10-9-18(19-8-7-17(26)13-22(19)28-5)20(23(16)21)15-29-25(4)11-6-12-30-25/h6-10,12-14,27H,11,15H2,1-5H3. The molecule has 30 heavy (non-hydrogen) atoms. The van der Waals surface area contributed by atoms with Crippen molar-refractivity contribution in [2.75, 3.05) is 12.4 Å². The van der Waals surface area contributed by atoms with Gasteiger partial charge in [-0.25, -0.2) is 4.39 Å². The number of fused-ring (bicyclic) bond motifs is 1. The Hall–Kier alpha value is -2.24. The van der Waals surface area contributed by atoms with Crippen molar-refractivity contribution in [3.8, 4) is 16.9 Å². The monoisotopic (exact) mass is 425 g/mol. The number of hydrogen-bond acceptors (Lipinski definition) is 4. The topological polar surface area (TPSA) is 30.5 Å². The quantitative estimate of drug-likeness (QED) is 0.559. The minimum absolute atomic E-state index is 0.124. The lowest BCUT2D eigenvalue weighted by molar-refractivity contribution is 0.0307. The molecule has 1 unspecified atom stereocenters. The Balaban J connectivity index is 1.85. The van der Waals surface area contributed by atoms with E-state index in [4.69, 9.17) is 9.47 Å². The fraction of sp³-hybridized carbons (Fsp3) is 0.360. The number of benzene rings is 2. The first-order valence-corrected chi connectivity index (χ1v) is 11.0. The number of ether oxygens (including phenoxy) is 2. The second kappa shape index (κ2) is 7.78. The number of allylic oxidation sites excluding steroid dienone is 1. The van der Waals surface area contributed by atoms with Crippen LogP contribution < -0.4 is 10.1 Å². The van der Waals surface area contributed by atoms with Crippen LogP contribution >= 0.6 is 11.8 Å². The van der Waals surface area contributed by atoms with E-state index in [1.54, 1.807) is 24.9 Å². The summed E-state index contributed by atoms with van der Waals surface area (Å²) >= 11 is 1.71.